The Morgan fingerprint density at radius 3 is 2.44 bits per heavy atom. The molecular formula is C13H24N2O. The lowest BCUT2D eigenvalue weighted by Crippen LogP contribution is -2.44. The van der Waals surface area contributed by atoms with Crippen LogP contribution in [0.4, 0.5) is 0 Å². The molecule has 3 heteroatoms. The van der Waals surface area contributed by atoms with E-state index in [0.29, 0.717) is 12.6 Å². The zero-order valence-electron chi connectivity index (χ0n) is 10.4. The molecule has 0 atom stereocenters. The van der Waals surface area contributed by atoms with Crippen LogP contribution in [0, 0.1) is 5.92 Å². The van der Waals surface area contributed by atoms with Gasteiger partial charge in [0.2, 0.25) is 5.91 Å². The summed E-state index contributed by atoms with van der Waals surface area (Å²) in [6.07, 6.45) is 9.41. The number of carbonyl (C=O) groups excluding carboxylic acids is 1. The maximum absolute atomic E-state index is 11.5. The van der Waals surface area contributed by atoms with E-state index in [9.17, 15) is 4.79 Å². The molecule has 2 aliphatic rings. The van der Waals surface area contributed by atoms with Gasteiger partial charge >= 0.3 is 0 Å². The fourth-order valence-electron chi connectivity index (χ4n) is 2.68. The summed E-state index contributed by atoms with van der Waals surface area (Å²) in [5.41, 5.74) is 0. The number of carbonyl (C=O) groups is 1. The second-order valence-electron chi connectivity index (χ2n) is 5.34. The molecule has 1 N–H and O–H groups in total. The molecule has 0 radical (unpaired) electrons. The average Bonchev–Trinajstić information content (AvgIpc) is 3.13. The van der Waals surface area contributed by atoms with Gasteiger partial charge in [0.25, 0.3) is 0 Å². The van der Waals surface area contributed by atoms with Crippen LogP contribution in [0.2, 0.25) is 0 Å². The van der Waals surface area contributed by atoms with Crippen LogP contribution < -0.4 is 5.32 Å². The van der Waals surface area contributed by atoms with Crippen LogP contribution in [0.25, 0.3) is 0 Å². The van der Waals surface area contributed by atoms with E-state index in [1.165, 1.54) is 44.9 Å². The fraction of sp³-hybridized carbons (Fsp3) is 0.923. The molecule has 2 rings (SSSR count). The van der Waals surface area contributed by atoms with E-state index in [1.54, 1.807) is 7.05 Å². The number of nitrogens with one attached hydrogen (secondary N) is 1. The third-order valence-corrected chi connectivity index (χ3v) is 3.91. The molecule has 2 saturated carbocycles. The molecular weight excluding hydrogens is 200 g/mol. The highest BCUT2D eigenvalue weighted by atomic mass is 16.1. The largest absolute Gasteiger partial charge is 0.358 e. The molecule has 2 fully saturated rings. The normalized spacial score (nSPS) is 22.4. The van der Waals surface area contributed by atoms with Gasteiger partial charge in [-0.15, -0.1) is 0 Å². The molecule has 0 aliphatic heterocycles. The molecule has 0 spiro atoms. The highest BCUT2D eigenvalue weighted by molar-refractivity contribution is 5.77. The highest BCUT2D eigenvalue weighted by Gasteiger charge is 2.29. The minimum absolute atomic E-state index is 0.172. The standard InChI is InChI=1S/C13H24N2O/c1-14-13(16)10-15(9-11-7-8-11)12-5-3-2-4-6-12/h11-12H,2-10H2,1H3,(H,14,16). The molecule has 0 aromatic heterocycles. The van der Waals surface area contributed by atoms with Crippen molar-refractivity contribution in [1.82, 2.24) is 10.2 Å². The first-order valence-corrected chi connectivity index (χ1v) is 6.74. The van der Waals surface area contributed by atoms with Crippen molar-refractivity contribution in [3.63, 3.8) is 0 Å². The predicted molar refractivity (Wildman–Crippen MR) is 65.2 cm³/mol. The van der Waals surface area contributed by atoms with Crippen molar-refractivity contribution in [3.8, 4) is 0 Å². The number of nitrogens with zero attached hydrogens (tertiary/aromatic N) is 1. The second kappa shape index (κ2) is 5.67. The van der Waals surface area contributed by atoms with Gasteiger partial charge < -0.3 is 5.32 Å². The minimum Gasteiger partial charge on any atom is -0.358 e. The highest BCUT2D eigenvalue weighted by Crippen LogP contribution is 2.32. The lowest BCUT2D eigenvalue weighted by Gasteiger charge is -2.33. The molecule has 92 valence electrons. The van der Waals surface area contributed by atoms with E-state index in [4.69, 9.17) is 0 Å². The van der Waals surface area contributed by atoms with Gasteiger partial charge in [0.15, 0.2) is 0 Å². The topological polar surface area (TPSA) is 32.3 Å². The molecule has 16 heavy (non-hydrogen) atoms. The van der Waals surface area contributed by atoms with Crippen molar-refractivity contribution >= 4 is 5.91 Å². The number of likely N-dealkylation sites (N-methyl/N-ethyl adjacent to an activating group) is 1. The summed E-state index contributed by atoms with van der Waals surface area (Å²) in [7, 11) is 1.73. The van der Waals surface area contributed by atoms with Gasteiger partial charge in [0, 0.05) is 19.6 Å². The summed E-state index contributed by atoms with van der Waals surface area (Å²) in [4.78, 5) is 14.0. The van der Waals surface area contributed by atoms with Crippen LogP contribution >= 0.6 is 0 Å². The third-order valence-electron chi connectivity index (χ3n) is 3.91. The molecule has 0 unspecified atom stereocenters. The van der Waals surface area contributed by atoms with E-state index < -0.39 is 0 Å². The first-order chi connectivity index (χ1) is 7.79. The van der Waals surface area contributed by atoms with Crippen molar-refractivity contribution in [2.45, 2.75) is 51.0 Å². The molecule has 2 aliphatic carbocycles. The first-order valence-electron chi connectivity index (χ1n) is 6.74. The van der Waals surface area contributed by atoms with Crippen molar-refractivity contribution in [1.29, 1.82) is 0 Å². The Morgan fingerprint density at radius 1 is 1.19 bits per heavy atom. The van der Waals surface area contributed by atoms with Crippen LogP contribution in [-0.4, -0.2) is 37.0 Å². The maximum atomic E-state index is 11.5. The summed E-state index contributed by atoms with van der Waals surface area (Å²) in [5, 5.41) is 2.75. The van der Waals surface area contributed by atoms with Crippen LogP contribution in [0.1, 0.15) is 44.9 Å². The van der Waals surface area contributed by atoms with E-state index >= 15 is 0 Å². The van der Waals surface area contributed by atoms with Gasteiger partial charge in [-0.1, -0.05) is 19.3 Å². The third kappa shape index (κ3) is 3.48. The van der Waals surface area contributed by atoms with Gasteiger partial charge in [-0.05, 0) is 31.6 Å². The minimum atomic E-state index is 0.172. The van der Waals surface area contributed by atoms with Gasteiger partial charge in [-0.3, -0.25) is 9.69 Å². The average molecular weight is 224 g/mol. The summed E-state index contributed by atoms with van der Waals surface area (Å²) in [6.45, 7) is 1.76. The Hall–Kier alpha value is -0.570. The lowest BCUT2D eigenvalue weighted by atomic mass is 9.94. The van der Waals surface area contributed by atoms with Crippen molar-refractivity contribution in [2.75, 3.05) is 20.1 Å². The van der Waals surface area contributed by atoms with Gasteiger partial charge in [0.1, 0.15) is 0 Å². The molecule has 0 aromatic carbocycles. The quantitative estimate of drug-likeness (QED) is 0.772. The summed E-state index contributed by atoms with van der Waals surface area (Å²) in [6, 6.07) is 0.673. The van der Waals surface area contributed by atoms with Crippen LogP contribution in [0.3, 0.4) is 0 Å². The van der Waals surface area contributed by atoms with Crippen LogP contribution in [-0.2, 0) is 4.79 Å². The van der Waals surface area contributed by atoms with Crippen LogP contribution in [0.5, 0.6) is 0 Å². The molecule has 0 aromatic rings. The number of hydrogen-bond donors (Lipinski definition) is 1. The van der Waals surface area contributed by atoms with Gasteiger partial charge in [-0.25, -0.2) is 0 Å². The van der Waals surface area contributed by atoms with E-state index in [1.807, 2.05) is 0 Å². The van der Waals surface area contributed by atoms with Gasteiger partial charge in [-0.2, -0.15) is 0 Å². The maximum Gasteiger partial charge on any atom is 0.233 e. The van der Waals surface area contributed by atoms with Crippen molar-refractivity contribution in [3.05, 3.63) is 0 Å². The molecule has 0 saturated heterocycles. The zero-order chi connectivity index (χ0) is 11.4. The lowest BCUT2D eigenvalue weighted by molar-refractivity contribution is -0.122. The Labute approximate surface area is 98.6 Å². The smallest absolute Gasteiger partial charge is 0.233 e. The van der Waals surface area contributed by atoms with Crippen molar-refractivity contribution in [2.24, 2.45) is 5.92 Å². The van der Waals surface area contributed by atoms with E-state index in [2.05, 4.69) is 10.2 Å². The van der Waals surface area contributed by atoms with Gasteiger partial charge in [0.05, 0.1) is 6.54 Å². The van der Waals surface area contributed by atoms with E-state index in [0.717, 1.165) is 12.5 Å². The Balaban J connectivity index is 1.86. The Morgan fingerprint density at radius 2 is 1.88 bits per heavy atom. The van der Waals surface area contributed by atoms with Crippen molar-refractivity contribution < 1.29 is 4.79 Å². The molecule has 0 heterocycles. The first kappa shape index (κ1) is 11.9. The van der Waals surface area contributed by atoms with E-state index in [-0.39, 0.29) is 5.91 Å². The Kier molecular flexibility index (Phi) is 4.22. The van der Waals surface area contributed by atoms with Crippen LogP contribution in [0.15, 0.2) is 0 Å². The summed E-state index contributed by atoms with van der Waals surface area (Å²) < 4.78 is 0. The number of hydrogen-bond acceptors (Lipinski definition) is 2. The summed E-state index contributed by atoms with van der Waals surface area (Å²) >= 11 is 0. The number of amides is 1. The fourth-order valence-corrected chi connectivity index (χ4v) is 2.68. The zero-order valence-corrected chi connectivity index (χ0v) is 10.4. The SMILES string of the molecule is CNC(=O)CN(CC1CC1)C1CCCCC1. The number of rotatable bonds is 5. The molecule has 3 nitrogen and oxygen atoms in total. The molecule has 1 amide bonds. The predicted octanol–water partition coefficient (Wildman–Crippen LogP) is 1.78. The monoisotopic (exact) mass is 224 g/mol. The summed E-state index contributed by atoms with van der Waals surface area (Å²) in [5.74, 6) is 1.05. The molecule has 0 bridgehead atoms. The second-order valence-corrected chi connectivity index (χ2v) is 5.34. The Bertz CT molecular complexity index is 232.